The maximum atomic E-state index is 13.5. The van der Waals surface area contributed by atoms with Gasteiger partial charge in [0, 0.05) is 23.7 Å². The van der Waals surface area contributed by atoms with E-state index in [9.17, 15) is 9.18 Å². The van der Waals surface area contributed by atoms with E-state index in [1.807, 2.05) is 42.0 Å². The maximum Gasteiger partial charge on any atom is 0.246 e. The molecule has 0 spiro atoms. The zero-order valence-corrected chi connectivity index (χ0v) is 19.5. The van der Waals surface area contributed by atoms with Crippen LogP contribution >= 0.6 is 0 Å². The molecule has 1 atom stereocenters. The number of carbonyl (C=O) groups is 1. The SMILES string of the molecule is Cc1ccc(Nc2c(-c3ccc(F)cc3)nc3n2C=CN(C(=O)C(C)(N)CC(C)C)C3)cc1. The van der Waals surface area contributed by atoms with Crippen LogP contribution in [0.15, 0.2) is 54.7 Å². The summed E-state index contributed by atoms with van der Waals surface area (Å²) >= 11 is 0. The van der Waals surface area contributed by atoms with Crippen molar-refractivity contribution < 1.29 is 9.18 Å². The third kappa shape index (κ3) is 4.83. The van der Waals surface area contributed by atoms with Gasteiger partial charge in [0.05, 0.1) is 12.1 Å². The summed E-state index contributed by atoms with van der Waals surface area (Å²) < 4.78 is 15.5. The lowest BCUT2D eigenvalue weighted by atomic mass is 9.90. The molecule has 1 unspecified atom stereocenters. The van der Waals surface area contributed by atoms with E-state index in [0.717, 1.165) is 22.6 Å². The van der Waals surface area contributed by atoms with E-state index >= 15 is 0 Å². The number of aromatic nitrogens is 2. The van der Waals surface area contributed by atoms with E-state index in [1.54, 1.807) is 30.2 Å². The number of nitrogens with zero attached hydrogens (tertiary/aromatic N) is 3. The smallest absolute Gasteiger partial charge is 0.246 e. The van der Waals surface area contributed by atoms with Crippen molar-refractivity contribution in [3.8, 4) is 11.3 Å². The molecule has 3 aromatic rings. The number of imidazole rings is 1. The minimum Gasteiger partial charge on any atom is -0.339 e. The molecule has 0 fully saturated rings. The van der Waals surface area contributed by atoms with Gasteiger partial charge in [-0.15, -0.1) is 0 Å². The zero-order valence-electron chi connectivity index (χ0n) is 19.5. The van der Waals surface area contributed by atoms with Crippen molar-refractivity contribution in [2.45, 2.75) is 46.2 Å². The van der Waals surface area contributed by atoms with Crippen LogP contribution in [-0.4, -0.2) is 25.9 Å². The number of nitrogens with one attached hydrogen (secondary N) is 1. The quantitative estimate of drug-likeness (QED) is 0.539. The number of carbonyl (C=O) groups excluding carboxylic acids is 1. The first kappa shape index (κ1) is 22.7. The monoisotopic (exact) mass is 447 g/mol. The van der Waals surface area contributed by atoms with Crippen molar-refractivity contribution in [1.29, 1.82) is 0 Å². The molecule has 33 heavy (non-hydrogen) atoms. The van der Waals surface area contributed by atoms with E-state index in [4.69, 9.17) is 10.7 Å². The number of amides is 1. The number of aryl methyl sites for hydroxylation is 1. The van der Waals surface area contributed by atoms with Gasteiger partial charge in [-0.3, -0.25) is 9.36 Å². The van der Waals surface area contributed by atoms with Crippen molar-refractivity contribution in [2.75, 3.05) is 5.32 Å². The second-order valence-corrected chi connectivity index (χ2v) is 9.34. The van der Waals surface area contributed by atoms with Gasteiger partial charge in [-0.25, -0.2) is 9.37 Å². The lowest BCUT2D eigenvalue weighted by Gasteiger charge is -2.32. The highest BCUT2D eigenvalue weighted by molar-refractivity contribution is 5.87. The van der Waals surface area contributed by atoms with Gasteiger partial charge in [-0.1, -0.05) is 31.5 Å². The fourth-order valence-corrected chi connectivity index (χ4v) is 4.21. The summed E-state index contributed by atoms with van der Waals surface area (Å²) in [6.07, 6.45) is 4.15. The van der Waals surface area contributed by atoms with E-state index in [1.165, 1.54) is 12.1 Å². The summed E-state index contributed by atoms with van der Waals surface area (Å²) in [6, 6.07) is 14.3. The first-order valence-corrected chi connectivity index (χ1v) is 11.1. The molecule has 1 amide bonds. The number of rotatable bonds is 6. The van der Waals surface area contributed by atoms with Crippen LogP contribution in [0.3, 0.4) is 0 Å². The lowest BCUT2D eigenvalue weighted by Crippen LogP contribution is -2.52. The Morgan fingerprint density at radius 1 is 1.15 bits per heavy atom. The second-order valence-electron chi connectivity index (χ2n) is 9.34. The normalized spacial score (nSPS) is 14.8. The van der Waals surface area contributed by atoms with Crippen LogP contribution in [0.5, 0.6) is 0 Å². The molecule has 0 bridgehead atoms. The van der Waals surface area contributed by atoms with Crippen LogP contribution in [0.25, 0.3) is 17.5 Å². The maximum absolute atomic E-state index is 13.5. The van der Waals surface area contributed by atoms with Gasteiger partial charge in [-0.05, 0) is 62.6 Å². The van der Waals surface area contributed by atoms with E-state index < -0.39 is 5.54 Å². The van der Waals surface area contributed by atoms with Crippen molar-refractivity contribution in [3.63, 3.8) is 0 Å². The third-order valence-corrected chi connectivity index (χ3v) is 5.71. The molecule has 7 heteroatoms. The molecule has 1 aliphatic heterocycles. The Morgan fingerprint density at radius 2 is 1.82 bits per heavy atom. The topological polar surface area (TPSA) is 76.2 Å². The highest BCUT2D eigenvalue weighted by atomic mass is 19.1. The van der Waals surface area contributed by atoms with Crippen molar-refractivity contribution in [1.82, 2.24) is 14.5 Å². The Balaban J connectivity index is 1.71. The molecule has 1 aliphatic rings. The third-order valence-electron chi connectivity index (χ3n) is 5.71. The Bertz CT molecular complexity index is 1180. The molecule has 4 rings (SSSR count). The summed E-state index contributed by atoms with van der Waals surface area (Å²) in [6.45, 7) is 8.21. The van der Waals surface area contributed by atoms with Gasteiger partial charge >= 0.3 is 0 Å². The molecule has 1 aromatic heterocycles. The molecule has 172 valence electrons. The van der Waals surface area contributed by atoms with Gasteiger partial charge in [0.2, 0.25) is 5.91 Å². The van der Waals surface area contributed by atoms with Crippen molar-refractivity contribution in [3.05, 3.63) is 71.9 Å². The largest absolute Gasteiger partial charge is 0.339 e. The van der Waals surface area contributed by atoms with E-state index in [2.05, 4.69) is 19.2 Å². The Kier molecular flexibility index (Phi) is 6.08. The number of nitrogens with two attached hydrogens (primary N) is 1. The summed E-state index contributed by atoms with van der Waals surface area (Å²) in [7, 11) is 0. The first-order chi connectivity index (χ1) is 15.6. The van der Waals surface area contributed by atoms with E-state index in [-0.39, 0.29) is 11.7 Å². The predicted molar refractivity (Wildman–Crippen MR) is 130 cm³/mol. The van der Waals surface area contributed by atoms with Crippen LogP contribution in [0, 0.1) is 18.7 Å². The molecule has 0 aliphatic carbocycles. The highest BCUT2D eigenvalue weighted by Crippen LogP contribution is 2.34. The minimum atomic E-state index is -0.962. The summed E-state index contributed by atoms with van der Waals surface area (Å²) in [5.41, 5.74) is 8.94. The highest BCUT2D eigenvalue weighted by Gasteiger charge is 2.34. The molecule has 2 aromatic carbocycles. The molecular formula is C26H30FN5O. The van der Waals surface area contributed by atoms with Gasteiger partial charge in [0.15, 0.2) is 0 Å². The first-order valence-electron chi connectivity index (χ1n) is 11.1. The molecule has 6 nitrogen and oxygen atoms in total. The molecule has 3 N–H and O–H groups in total. The van der Waals surface area contributed by atoms with Crippen LogP contribution in [0.1, 0.15) is 38.6 Å². The number of anilines is 2. The predicted octanol–water partition coefficient (Wildman–Crippen LogP) is 5.28. The summed E-state index contributed by atoms with van der Waals surface area (Å²) in [5.74, 6) is 1.30. The molecule has 0 radical (unpaired) electrons. The van der Waals surface area contributed by atoms with E-state index in [0.29, 0.717) is 30.4 Å². The molecule has 0 saturated carbocycles. The van der Waals surface area contributed by atoms with Crippen LogP contribution in [-0.2, 0) is 11.3 Å². The van der Waals surface area contributed by atoms with Gasteiger partial charge < -0.3 is 16.0 Å². The number of fused-ring (bicyclic) bond motifs is 1. The average molecular weight is 448 g/mol. The standard InChI is InChI=1S/C26H30FN5O/c1-17(2)15-26(4,28)25(33)31-13-14-32-22(16-31)30-23(19-7-9-20(27)10-8-19)24(32)29-21-11-5-18(3)6-12-21/h5-14,17,29H,15-16,28H2,1-4H3. The second kappa shape index (κ2) is 8.83. The fraction of sp³-hybridized carbons (Fsp3) is 0.308. The minimum absolute atomic E-state index is 0.141. The lowest BCUT2D eigenvalue weighted by molar-refractivity contribution is -0.135. The van der Waals surface area contributed by atoms with Gasteiger partial charge in [0.25, 0.3) is 0 Å². The van der Waals surface area contributed by atoms with Crippen molar-refractivity contribution >= 4 is 23.6 Å². The summed E-state index contributed by atoms with van der Waals surface area (Å²) in [4.78, 5) is 19.6. The Labute approximate surface area is 193 Å². The Hall–Kier alpha value is -3.45. The Morgan fingerprint density at radius 3 is 2.45 bits per heavy atom. The van der Waals surface area contributed by atoms with Crippen LogP contribution < -0.4 is 11.1 Å². The molecule has 2 heterocycles. The van der Waals surface area contributed by atoms with Crippen LogP contribution in [0.4, 0.5) is 15.9 Å². The number of halogens is 1. The van der Waals surface area contributed by atoms with Crippen molar-refractivity contribution in [2.24, 2.45) is 11.7 Å². The van der Waals surface area contributed by atoms with Gasteiger partial charge in [0.1, 0.15) is 23.2 Å². The summed E-state index contributed by atoms with van der Waals surface area (Å²) in [5, 5.41) is 3.45. The zero-order chi connectivity index (χ0) is 23.8. The van der Waals surface area contributed by atoms with Crippen LogP contribution in [0.2, 0.25) is 0 Å². The average Bonchev–Trinajstić information content (AvgIpc) is 3.12. The van der Waals surface area contributed by atoms with Gasteiger partial charge in [-0.2, -0.15) is 0 Å². The molecule has 0 saturated heterocycles. The number of hydrogen-bond donors (Lipinski definition) is 2. The fourth-order valence-electron chi connectivity index (χ4n) is 4.21. The number of benzene rings is 2. The molecular weight excluding hydrogens is 417 g/mol. The number of hydrogen-bond acceptors (Lipinski definition) is 4.